The summed E-state index contributed by atoms with van der Waals surface area (Å²) in [4.78, 5) is 29.3. The molecule has 3 heterocycles. The third kappa shape index (κ3) is 8.02. The lowest BCUT2D eigenvalue weighted by Crippen LogP contribution is -2.37. The molecule has 0 amide bonds. The van der Waals surface area contributed by atoms with E-state index in [-0.39, 0.29) is 5.97 Å². The van der Waals surface area contributed by atoms with Gasteiger partial charge in [-0.05, 0) is 25.8 Å². The summed E-state index contributed by atoms with van der Waals surface area (Å²) in [7, 11) is 1.43. The first kappa shape index (κ1) is 24.9. The van der Waals surface area contributed by atoms with Crippen LogP contribution in [0.15, 0.2) is 12.3 Å². The van der Waals surface area contributed by atoms with Gasteiger partial charge in [-0.25, -0.2) is 9.97 Å². The zero-order valence-corrected chi connectivity index (χ0v) is 19.9. The van der Waals surface area contributed by atoms with Crippen molar-refractivity contribution < 1.29 is 14.3 Å². The van der Waals surface area contributed by atoms with Crippen molar-refractivity contribution in [3.8, 4) is 0 Å². The van der Waals surface area contributed by atoms with Gasteiger partial charge in [-0.2, -0.15) is 9.36 Å². The SMILES string of the molecule is CC.COC(=O)CCCCCCN(c1ccnc(N2CCOCC2)n1)c1nc(C)ns1. The van der Waals surface area contributed by atoms with E-state index in [9.17, 15) is 4.79 Å². The second kappa shape index (κ2) is 13.9. The van der Waals surface area contributed by atoms with E-state index >= 15 is 0 Å². The van der Waals surface area contributed by atoms with Crippen LogP contribution in [0.5, 0.6) is 0 Å². The summed E-state index contributed by atoms with van der Waals surface area (Å²) in [5, 5.41) is 0.837. The molecule has 0 aromatic carbocycles. The topological polar surface area (TPSA) is 93.6 Å². The Morgan fingerprint density at radius 2 is 1.94 bits per heavy atom. The van der Waals surface area contributed by atoms with Crippen molar-refractivity contribution in [2.45, 2.75) is 52.9 Å². The lowest BCUT2D eigenvalue weighted by Gasteiger charge is -2.28. The quantitative estimate of drug-likeness (QED) is 0.396. The molecular weight excluding hydrogens is 416 g/mol. The summed E-state index contributed by atoms with van der Waals surface area (Å²) in [6.45, 7) is 9.65. The molecule has 0 saturated carbocycles. The van der Waals surface area contributed by atoms with Gasteiger partial charge >= 0.3 is 5.97 Å². The van der Waals surface area contributed by atoms with Crippen molar-refractivity contribution in [1.82, 2.24) is 19.3 Å². The number of ether oxygens (including phenoxy) is 2. The van der Waals surface area contributed by atoms with Gasteiger partial charge in [0, 0.05) is 43.8 Å². The van der Waals surface area contributed by atoms with E-state index in [1.54, 1.807) is 6.20 Å². The van der Waals surface area contributed by atoms with Crippen LogP contribution in [0, 0.1) is 6.92 Å². The van der Waals surface area contributed by atoms with Crippen LogP contribution in [0.25, 0.3) is 0 Å². The van der Waals surface area contributed by atoms with Gasteiger partial charge < -0.3 is 19.3 Å². The van der Waals surface area contributed by atoms with E-state index in [1.165, 1.54) is 18.6 Å². The minimum Gasteiger partial charge on any atom is -0.469 e. The molecule has 1 saturated heterocycles. The standard InChI is InChI=1S/C19H28N6O3S.C2H6/c1-15-21-19(29-23-15)25(10-6-4-3-5-7-17(26)27-2)16-8-9-20-18(22-16)24-11-13-28-14-12-24;1-2/h8-9H,3-7,10-14H2,1-2H3;1-2H3. The Morgan fingerprint density at radius 3 is 2.61 bits per heavy atom. The highest BCUT2D eigenvalue weighted by Gasteiger charge is 2.19. The number of rotatable bonds is 10. The van der Waals surface area contributed by atoms with Gasteiger partial charge in [-0.1, -0.05) is 26.7 Å². The van der Waals surface area contributed by atoms with E-state index < -0.39 is 0 Å². The Hall–Kier alpha value is -2.33. The third-order valence-electron chi connectivity index (χ3n) is 4.69. The zero-order valence-electron chi connectivity index (χ0n) is 19.0. The summed E-state index contributed by atoms with van der Waals surface area (Å²) in [5.74, 6) is 2.16. The molecule has 0 N–H and O–H groups in total. The average molecular weight is 451 g/mol. The summed E-state index contributed by atoms with van der Waals surface area (Å²) < 4.78 is 14.4. The molecule has 2 aromatic heterocycles. The molecule has 10 heteroatoms. The van der Waals surface area contributed by atoms with Crippen molar-refractivity contribution in [2.75, 3.05) is 49.8 Å². The van der Waals surface area contributed by atoms with E-state index in [4.69, 9.17) is 9.72 Å². The second-order valence-corrected chi connectivity index (χ2v) is 7.56. The molecule has 3 rings (SSSR count). The van der Waals surface area contributed by atoms with Crippen molar-refractivity contribution in [1.29, 1.82) is 0 Å². The molecule has 172 valence electrons. The number of hydrogen-bond donors (Lipinski definition) is 0. The first-order valence-electron chi connectivity index (χ1n) is 11.0. The van der Waals surface area contributed by atoms with Crippen LogP contribution in [-0.4, -0.2) is 65.3 Å². The van der Waals surface area contributed by atoms with Crippen LogP contribution in [0.3, 0.4) is 0 Å². The molecule has 0 atom stereocenters. The number of aromatic nitrogens is 4. The molecular formula is C21H34N6O3S. The van der Waals surface area contributed by atoms with Gasteiger partial charge in [-0.3, -0.25) is 4.79 Å². The van der Waals surface area contributed by atoms with Gasteiger partial charge in [0.05, 0.1) is 20.3 Å². The average Bonchev–Trinajstić information content (AvgIpc) is 3.26. The lowest BCUT2D eigenvalue weighted by atomic mass is 10.1. The van der Waals surface area contributed by atoms with Gasteiger partial charge in [0.2, 0.25) is 11.1 Å². The Labute approximate surface area is 189 Å². The predicted molar refractivity (Wildman–Crippen MR) is 123 cm³/mol. The van der Waals surface area contributed by atoms with E-state index in [0.29, 0.717) is 19.6 Å². The first-order chi connectivity index (χ1) is 15.2. The summed E-state index contributed by atoms with van der Waals surface area (Å²) in [6.07, 6.45) is 6.10. The number of morpholine rings is 1. The highest BCUT2D eigenvalue weighted by atomic mass is 32.1. The molecule has 1 aliphatic rings. The van der Waals surface area contributed by atoms with Gasteiger partial charge in [0.15, 0.2) is 0 Å². The van der Waals surface area contributed by atoms with Gasteiger partial charge in [-0.15, -0.1) is 0 Å². The third-order valence-corrected chi connectivity index (χ3v) is 5.52. The Balaban J connectivity index is 0.00000166. The number of carbonyl (C=O) groups excluding carboxylic acids is 1. The Kier molecular flexibility index (Phi) is 11.2. The number of anilines is 3. The summed E-state index contributed by atoms with van der Waals surface area (Å²) in [6, 6.07) is 1.91. The maximum Gasteiger partial charge on any atom is 0.305 e. The first-order valence-corrected chi connectivity index (χ1v) is 11.7. The molecule has 9 nitrogen and oxygen atoms in total. The largest absolute Gasteiger partial charge is 0.469 e. The number of nitrogens with zero attached hydrogens (tertiary/aromatic N) is 6. The normalized spacial score (nSPS) is 13.4. The van der Waals surface area contributed by atoms with Crippen molar-refractivity contribution in [3.63, 3.8) is 0 Å². The number of aryl methyl sites for hydroxylation is 1. The molecule has 0 spiro atoms. The molecule has 0 radical (unpaired) electrons. The fourth-order valence-electron chi connectivity index (χ4n) is 3.10. The minimum atomic E-state index is -0.146. The van der Waals surface area contributed by atoms with E-state index in [0.717, 1.165) is 68.0 Å². The summed E-state index contributed by atoms with van der Waals surface area (Å²) >= 11 is 1.38. The highest BCUT2D eigenvalue weighted by molar-refractivity contribution is 7.09. The fraction of sp³-hybridized carbons (Fsp3) is 0.667. The Morgan fingerprint density at radius 1 is 1.19 bits per heavy atom. The number of carbonyl (C=O) groups is 1. The molecule has 31 heavy (non-hydrogen) atoms. The van der Waals surface area contributed by atoms with Crippen molar-refractivity contribution in [3.05, 3.63) is 18.1 Å². The molecule has 1 aliphatic heterocycles. The fourth-order valence-corrected chi connectivity index (χ4v) is 3.81. The van der Waals surface area contributed by atoms with E-state index in [2.05, 4.69) is 28.9 Å². The zero-order chi connectivity index (χ0) is 22.5. The number of unbranched alkanes of at least 4 members (excludes halogenated alkanes) is 3. The number of methoxy groups -OCH3 is 1. The monoisotopic (exact) mass is 450 g/mol. The lowest BCUT2D eigenvalue weighted by molar-refractivity contribution is -0.140. The van der Waals surface area contributed by atoms with Gasteiger partial charge in [0.25, 0.3) is 0 Å². The van der Waals surface area contributed by atoms with Crippen LogP contribution in [0.4, 0.5) is 16.9 Å². The Bertz CT molecular complexity index is 782. The highest BCUT2D eigenvalue weighted by Crippen LogP contribution is 2.27. The van der Waals surface area contributed by atoms with Crippen LogP contribution >= 0.6 is 11.5 Å². The molecule has 0 bridgehead atoms. The summed E-state index contributed by atoms with van der Waals surface area (Å²) in [5.41, 5.74) is 0. The van der Waals surface area contributed by atoms with Crippen molar-refractivity contribution >= 4 is 34.4 Å². The molecule has 0 aliphatic carbocycles. The van der Waals surface area contributed by atoms with Crippen LogP contribution in [0.1, 0.15) is 51.8 Å². The maximum atomic E-state index is 11.2. The van der Waals surface area contributed by atoms with Crippen LogP contribution in [0.2, 0.25) is 0 Å². The molecule has 1 fully saturated rings. The second-order valence-electron chi connectivity index (χ2n) is 6.83. The smallest absolute Gasteiger partial charge is 0.305 e. The number of hydrogen-bond acceptors (Lipinski definition) is 10. The van der Waals surface area contributed by atoms with Crippen molar-refractivity contribution in [2.24, 2.45) is 0 Å². The van der Waals surface area contributed by atoms with Crippen LogP contribution in [-0.2, 0) is 14.3 Å². The van der Waals surface area contributed by atoms with E-state index in [1.807, 2.05) is 26.8 Å². The predicted octanol–water partition coefficient (Wildman–Crippen LogP) is 3.76. The number of esters is 1. The van der Waals surface area contributed by atoms with Gasteiger partial charge in [0.1, 0.15) is 11.6 Å². The van der Waals surface area contributed by atoms with Crippen LogP contribution < -0.4 is 9.80 Å². The molecule has 2 aromatic rings. The molecule has 0 unspecified atom stereocenters. The minimum absolute atomic E-state index is 0.146. The maximum absolute atomic E-state index is 11.2.